The molecule has 0 saturated heterocycles. The van der Waals surface area contributed by atoms with Gasteiger partial charge in [-0.05, 0) is 19.9 Å². The molecule has 2 aliphatic rings. The molecule has 0 aromatic carbocycles. The Kier molecular flexibility index (Phi) is 2.46. The monoisotopic (exact) mass is 224 g/mol. The molecule has 16 heavy (non-hydrogen) atoms. The molecule has 0 bridgehead atoms. The fourth-order valence-electron chi connectivity index (χ4n) is 1.97. The molecule has 5 nitrogen and oxygen atoms in total. The number of allylic oxidation sites excluding steroid dienone is 1. The second-order valence-electron chi connectivity index (χ2n) is 3.68. The number of ether oxygens (including phenoxy) is 3. The highest BCUT2D eigenvalue weighted by Gasteiger charge is 2.43. The summed E-state index contributed by atoms with van der Waals surface area (Å²) in [7, 11) is 1.27. The minimum Gasteiger partial charge on any atom is -0.463 e. The summed E-state index contributed by atoms with van der Waals surface area (Å²) in [6, 6.07) is 0. The van der Waals surface area contributed by atoms with Gasteiger partial charge in [-0.1, -0.05) is 0 Å². The number of hydrogen-bond donors (Lipinski definition) is 0. The van der Waals surface area contributed by atoms with Crippen molar-refractivity contribution in [3.05, 3.63) is 23.2 Å². The van der Waals surface area contributed by atoms with Gasteiger partial charge in [0.1, 0.15) is 5.76 Å². The van der Waals surface area contributed by atoms with Gasteiger partial charge in [-0.2, -0.15) is 0 Å². The summed E-state index contributed by atoms with van der Waals surface area (Å²) in [4.78, 5) is 22.6. The van der Waals surface area contributed by atoms with Crippen LogP contribution in [0.3, 0.4) is 0 Å². The van der Waals surface area contributed by atoms with Crippen LogP contribution in [0.2, 0.25) is 0 Å². The van der Waals surface area contributed by atoms with Gasteiger partial charge >= 0.3 is 5.97 Å². The van der Waals surface area contributed by atoms with Gasteiger partial charge in [-0.25, -0.2) is 4.79 Å². The highest BCUT2D eigenvalue weighted by Crippen LogP contribution is 2.39. The van der Waals surface area contributed by atoms with Gasteiger partial charge in [-0.15, -0.1) is 0 Å². The third kappa shape index (κ3) is 1.48. The number of esters is 1. The number of methoxy groups -OCH3 is 1. The molecule has 0 fully saturated rings. The number of carbonyl (C=O) groups is 2. The van der Waals surface area contributed by atoms with Crippen LogP contribution in [-0.2, 0) is 23.8 Å². The molecule has 0 spiro atoms. The summed E-state index contributed by atoms with van der Waals surface area (Å²) in [6.45, 7) is 3.18. The standard InChI is InChI=1S/C11H12O5/c1-5(12)9-6(2)15-11-7(9)4-8(16-11)10(13)14-3/h4,7,11H,1-3H3/t7-,11+/m1/s1. The molecule has 0 N–H and O–H groups in total. The summed E-state index contributed by atoms with van der Waals surface area (Å²) in [5, 5.41) is 0. The Hall–Kier alpha value is -1.78. The van der Waals surface area contributed by atoms with Crippen LogP contribution in [0, 0.1) is 5.92 Å². The minimum absolute atomic E-state index is 0.0732. The van der Waals surface area contributed by atoms with E-state index in [0.29, 0.717) is 11.3 Å². The van der Waals surface area contributed by atoms with Crippen LogP contribution in [0.25, 0.3) is 0 Å². The van der Waals surface area contributed by atoms with E-state index < -0.39 is 12.3 Å². The van der Waals surface area contributed by atoms with Crippen molar-refractivity contribution in [2.75, 3.05) is 7.11 Å². The smallest absolute Gasteiger partial charge is 0.373 e. The number of carbonyl (C=O) groups excluding carboxylic acids is 2. The van der Waals surface area contributed by atoms with Crippen LogP contribution in [0.15, 0.2) is 23.2 Å². The van der Waals surface area contributed by atoms with Gasteiger partial charge < -0.3 is 14.2 Å². The molecule has 2 aliphatic heterocycles. The van der Waals surface area contributed by atoms with E-state index >= 15 is 0 Å². The first-order valence-electron chi connectivity index (χ1n) is 4.89. The van der Waals surface area contributed by atoms with E-state index in [-0.39, 0.29) is 17.5 Å². The Morgan fingerprint density at radius 1 is 1.38 bits per heavy atom. The van der Waals surface area contributed by atoms with E-state index in [9.17, 15) is 9.59 Å². The lowest BCUT2D eigenvalue weighted by molar-refractivity contribution is -0.145. The summed E-state index contributed by atoms with van der Waals surface area (Å²) >= 11 is 0. The van der Waals surface area contributed by atoms with Gasteiger partial charge in [0.05, 0.1) is 13.0 Å². The molecule has 5 heteroatoms. The van der Waals surface area contributed by atoms with Crippen LogP contribution in [0.4, 0.5) is 0 Å². The molecule has 0 aromatic rings. The maximum Gasteiger partial charge on any atom is 0.373 e. The van der Waals surface area contributed by atoms with Crippen molar-refractivity contribution >= 4 is 11.8 Å². The number of Topliss-reactive ketones (excluding diaryl/α,β-unsaturated/α-hetero) is 1. The first kappa shape index (κ1) is 10.7. The van der Waals surface area contributed by atoms with Crippen LogP contribution in [-0.4, -0.2) is 25.2 Å². The molecule has 0 radical (unpaired) electrons. The average Bonchev–Trinajstić information content (AvgIpc) is 2.71. The number of rotatable bonds is 2. The zero-order chi connectivity index (χ0) is 11.9. The van der Waals surface area contributed by atoms with E-state index in [0.717, 1.165) is 0 Å². The average molecular weight is 224 g/mol. The Labute approximate surface area is 92.7 Å². The lowest BCUT2D eigenvalue weighted by Crippen LogP contribution is -2.17. The molecule has 0 amide bonds. The normalized spacial score (nSPS) is 26.8. The van der Waals surface area contributed by atoms with E-state index in [1.54, 1.807) is 13.0 Å². The maximum absolute atomic E-state index is 11.4. The van der Waals surface area contributed by atoms with Crippen molar-refractivity contribution in [1.29, 1.82) is 0 Å². The first-order chi connectivity index (χ1) is 7.54. The third-order valence-corrected chi connectivity index (χ3v) is 2.64. The van der Waals surface area contributed by atoms with Gasteiger partial charge in [-0.3, -0.25) is 4.79 Å². The van der Waals surface area contributed by atoms with Gasteiger partial charge in [0.15, 0.2) is 5.78 Å². The zero-order valence-corrected chi connectivity index (χ0v) is 9.27. The highest BCUT2D eigenvalue weighted by molar-refractivity contribution is 5.96. The van der Waals surface area contributed by atoms with Gasteiger partial charge in [0.25, 0.3) is 6.29 Å². The Morgan fingerprint density at radius 3 is 2.62 bits per heavy atom. The Bertz CT molecular complexity index is 418. The second kappa shape index (κ2) is 3.66. The second-order valence-corrected chi connectivity index (χ2v) is 3.68. The Morgan fingerprint density at radius 2 is 2.06 bits per heavy atom. The minimum atomic E-state index is -0.604. The first-order valence-corrected chi connectivity index (χ1v) is 4.89. The predicted molar refractivity (Wildman–Crippen MR) is 52.9 cm³/mol. The SMILES string of the molecule is COC(=O)C1=C[C@@H]2C(C(C)=O)=C(C)O[C@H]2O1. The quantitative estimate of drug-likeness (QED) is 0.652. The predicted octanol–water partition coefficient (Wildman–Crippen LogP) is 0.909. The lowest BCUT2D eigenvalue weighted by atomic mass is 9.97. The third-order valence-electron chi connectivity index (χ3n) is 2.64. The van der Waals surface area contributed by atoms with Crippen molar-refractivity contribution in [1.82, 2.24) is 0 Å². The zero-order valence-electron chi connectivity index (χ0n) is 9.27. The summed E-state index contributed by atoms with van der Waals surface area (Å²) in [5.41, 5.74) is 0.559. The molecule has 2 heterocycles. The van der Waals surface area contributed by atoms with Crippen LogP contribution in [0.1, 0.15) is 13.8 Å². The molecule has 0 saturated carbocycles. The number of ketones is 1. The van der Waals surface area contributed by atoms with E-state index in [4.69, 9.17) is 9.47 Å². The van der Waals surface area contributed by atoms with Crippen LogP contribution < -0.4 is 0 Å². The fraction of sp³-hybridized carbons (Fsp3) is 0.455. The molecular formula is C11H12O5. The van der Waals surface area contributed by atoms with Crippen LogP contribution in [0.5, 0.6) is 0 Å². The van der Waals surface area contributed by atoms with Gasteiger partial charge in [0.2, 0.25) is 5.76 Å². The molecule has 86 valence electrons. The number of hydrogen-bond acceptors (Lipinski definition) is 5. The van der Waals surface area contributed by atoms with Crippen molar-refractivity contribution in [3.63, 3.8) is 0 Å². The Balaban J connectivity index is 2.28. The summed E-state index contributed by atoms with van der Waals surface area (Å²) < 4.78 is 15.2. The van der Waals surface area contributed by atoms with Gasteiger partial charge in [0, 0.05) is 5.57 Å². The largest absolute Gasteiger partial charge is 0.463 e. The van der Waals surface area contributed by atoms with Crippen LogP contribution >= 0.6 is 0 Å². The lowest BCUT2D eigenvalue weighted by Gasteiger charge is -2.11. The highest BCUT2D eigenvalue weighted by atomic mass is 16.7. The van der Waals surface area contributed by atoms with Crippen molar-refractivity contribution in [3.8, 4) is 0 Å². The molecule has 0 aromatic heterocycles. The summed E-state index contributed by atoms with van der Waals surface area (Å²) in [6.07, 6.45) is 0.969. The fourth-order valence-corrected chi connectivity index (χ4v) is 1.97. The topological polar surface area (TPSA) is 61.8 Å². The maximum atomic E-state index is 11.4. The van der Waals surface area contributed by atoms with Crippen molar-refractivity contribution in [2.45, 2.75) is 20.1 Å². The van der Waals surface area contributed by atoms with E-state index in [2.05, 4.69) is 4.74 Å². The molecule has 0 aliphatic carbocycles. The number of fused-ring (bicyclic) bond motifs is 1. The van der Waals surface area contributed by atoms with E-state index in [1.807, 2.05) is 0 Å². The molecule has 2 rings (SSSR count). The molecule has 2 atom stereocenters. The molecule has 0 unspecified atom stereocenters. The van der Waals surface area contributed by atoms with E-state index in [1.165, 1.54) is 14.0 Å². The van der Waals surface area contributed by atoms with Crippen molar-refractivity contribution in [2.24, 2.45) is 5.92 Å². The molecular weight excluding hydrogens is 212 g/mol. The van der Waals surface area contributed by atoms with Crippen molar-refractivity contribution < 1.29 is 23.8 Å². The summed E-state index contributed by atoms with van der Waals surface area (Å²) in [5.74, 6) is -0.271.